The standard InChI is InChI=1S/C15H16ClN3O3/c1-21-11-6-10(7-12(8-11)22-2)18-15(20)19-14-4-3-9(17)5-13(14)16/h3-8H,17H2,1-2H3,(H2,18,19,20). The number of anilines is 3. The molecule has 6 nitrogen and oxygen atoms in total. The molecule has 0 heterocycles. The Balaban J connectivity index is 2.11. The van der Waals surface area contributed by atoms with Crippen LogP contribution in [-0.4, -0.2) is 20.3 Å². The third-order valence-electron chi connectivity index (χ3n) is 2.85. The van der Waals surface area contributed by atoms with E-state index < -0.39 is 6.03 Å². The molecule has 116 valence electrons. The zero-order chi connectivity index (χ0) is 16.1. The van der Waals surface area contributed by atoms with E-state index in [4.69, 9.17) is 26.8 Å². The van der Waals surface area contributed by atoms with Crippen molar-refractivity contribution in [3.05, 3.63) is 41.4 Å². The number of halogens is 1. The van der Waals surface area contributed by atoms with E-state index in [9.17, 15) is 4.79 Å². The summed E-state index contributed by atoms with van der Waals surface area (Å²) in [4.78, 5) is 12.0. The fourth-order valence-corrected chi connectivity index (χ4v) is 2.03. The maximum atomic E-state index is 12.0. The number of amides is 2. The highest BCUT2D eigenvalue weighted by Gasteiger charge is 2.08. The molecule has 0 spiro atoms. The number of hydrogen-bond acceptors (Lipinski definition) is 4. The van der Waals surface area contributed by atoms with Crippen LogP contribution < -0.4 is 25.8 Å². The Labute approximate surface area is 133 Å². The summed E-state index contributed by atoms with van der Waals surface area (Å²) in [6.07, 6.45) is 0. The van der Waals surface area contributed by atoms with Crippen LogP contribution in [0.5, 0.6) is 11.5 Å². The first kappa shape index (κ1) is 15.8. The first-order valence-electron chi connectivity index (χ1n) is 6.38. The number of rotatable bonds is 4. The highest BCUT2D eigenvalue weighted by atomic mass is 35.5. The summed E-state index contributed by atoms with van der Waals surface area (Å²) < 4.78 is 10.3. The minimum Gasteiger partial charge on any atom is -0.497 e. The molecule has 2 rings (SSSR count). The fourth-order valence-electron chi connectivity index (χ4n) is 1.80. The van der Waals surface area contributed by atoms with Crippen molar-refractivity contribution in [3.63, 3.8) is 0 Å². The molecule has 0 bridgehead atoms. The van der Waals surface area contributed by atoms with E-state index in [1.54, 1.807) is 36.4 Å². The monoisotopic (exact) mass is 321 g/mol. The van der Waals surface area contributed by atoms with Gasteiger partial charge in [0.25, 0.3) is 0 Å². The van der Waals surface area contributed by atoms with Gasteiger partial charge < -0.3 is 25.8 Å². The smallest absolute Gasteiger partial charge is 0.323 e. The third kappa shape index (κ3) is 3.95. The third-order valence-corrected chi connectivity index (χ3v) is 3.16. The van der Waals surface area contributed by atoms with Crippen LogP contribution in [-0.2, 0) is 0 Å². The van der Waals surface area contributed by atoms with Crippen molar-refractivity contribution in [1.29, 1.82) is 0 Å². The minimum atomic E-state index is -0.443. The predicted octanol–water partition coefficient (Wildman–Crippen LogP) is 3.58. The van der Waals surface area contributed by atoms with Crippen molar-refractivity contribution in [2.45, 2.75) is 0 Å². The Morgan fingerprint density at radius 3 is 2.23 bits per heavy atom. The highest BCUT2D eigenvalue weighted by Crippen LogP contribution is 2.27. The summed E-state index contributed by atoms with van der Waals surface area (Å²) in [7, 11) is 3.07. The molecule has 2 aromatic rings. The molecule has 7 heteroatoms. The van der Waals surface area contributed by atoms with Crippen LogP contribution in [0.2, 0.25) is 5.02 Å². The van der Waals surface area contributed by atoms with Gasteiger partial charge in [-0.3, -0.25) is 0 Å². The number of methoxy groups -OCH3 is 2. The molecule has 0 aliphatic carbocycles. The topological polar surface area (TPSA) is 85.6 Å². The van der Waals surface area contributed by atoms with Gasteiger partial charge in [-0.1, -0.05) is 11.6 Å². The second-order valence-electron chi connectivity index (χ2n) is 4.42. The lowest BCUT2D eigenvalue weighted by molar-refractivity contribution is 0.262. The average Bonchev–Trinajstić information content (AvgIpc) is 2.49. The van der Waals surface area contributed by atoms with Crippen LogP contribution in [0.25, 0.3) is 0 Å². The Morgan fingerprint density at radius 2 is 1.68 bits per heavy atom. The second-order valence-corrected chi connectivity index (χ2v) is 4.83. The van der Waals surface area contributed by atoms with Crippen LogP contribution in [0.1, 0.15) is 0 Å². The largest absolute Gasteiger partial charge is 0.497 e. The molecule has 4 N–H and O–H groups in total. The number of nitrogens with one attached hydrogen (secondary N) is 2. The van der Waals surface area contributed by atoms with Gasteiger partial charge in [-0.25, -0.2) is 4.79 Å². The maximum absolute atomic E-state index is 12.0. The minimum absolute atomic E-state index is 0.360. The van der Waals surface area contributed by atoms with Crippen LogP contribution in [0, 0.1) is 0 Å². The Morgan fingerprint density at radius 1 is 1.05 bits per heavy atom. The maximum Gasteiger partial charge on any atom is 0.323 e. The molecular formula is C15H16ClN3O3. The summed E-state index contributed by atoms with van der Waals surface area (Å²) in [5.41, 5.74) is 7.12. The average molecular weight is 322 g/mol. The van der Waals surface area contributed by atoms with E-state index in [2.05, 4.69) is 10.6 Å². The first-order valence-corrected chi connectivity index (χ1v) is 6.75. The molecule has 0 aliphatic heterocycles. The van der Waals surface area contributed by atoms with E-state index in [0.717, 1.165) is 0 Å². The van der Waals surface area contributed by atoms with Gasteiger partial charge >= 0.3 is 6.03 Å². The molecule has 0 unspecified atom stereocenters. The summed E-state index contributed by atoms with van der Waals surface area (Å²) in [6.45, 7) is 0. The molecule has 0 aromatic heterocycles. The molecule has 0 fully saturated rings. The number of nitrogens with two attached hydrogens (primary N) is 1. The van der Waals surface area contributed by atoms with Crippen molar-refractivity contribution >= 4 is 34.7 Å². The Kier molecular flexibility index (Phi) is 4.95. The number of benzene rings is 2. The van der Waals surface area contributed by atoms with Crippen molar-refractivity contribution in [1.82, 2.24) is 0 Å². The molecule has 22 heavy (non-hydrogen) atoms. The summed E-state index contributed by atoms with van der Waals surface area (Å²) in [6, 6.07) is 9.45. The van der Waals surface area contributed by atoms with Crippen LogP contribution in [0.15, 0.2) is 36.4 Å². The van der Waals surface area contributed by atoms with Gasteiger partial charge in [-0.15, -0.1) is 0 Å². The van der Waals surface area contributed by atoms with E-state index in [1.165, 1.54) is 14.2 Å². The number of ether oxygens (including phenoxy) is 2. The lowest BCUT2D eigenvalue weighted by atomic mass is 10.2. The van der Waals surface area contributed by atoms with Gasteiger partial charge in [0.1, 0.15) is 11.5 Å². The van der Waals surface area contributed by atoms with Crippen molar-refractivity contribution in [2.24, 2.45) is 0 Å². The normalized spacial score (nSPS) is 9.95. The molecule has 0 radical (unpaired) electrons. The zero-order valence-corrected chi connectivity index (χ0v) is 12.9. The molecular weight excluding hydrogens is 306 g/mol. The number of nitrogen functional groups attached to an aromatic ring is 1. The van der Waals surface area contributed by atoms with Crippen molar-refractivity contribution in [3.8, 4) is 11.5 Å². The van der Waals surface area contributed by atoms with Crippen LogP contribution in [0.3, 0.4) is 0 Å². The molecule has 0 saturated carbocycles. The van der Waals surface area contributed by atoms with Gasteiger partial charge in [0, 0.05) is 29.6 Å². The first-order chi connectivity index (χ1) is 10.5. The van der Waals surface area contributed by atoms with Gasteiger partial charge in [0.15, 0.2) is 0 Å². The van der Waals surface area contributed by atoms with E-state index in [1.807, 2.05) is 0 Å². The lowest BCUT2D eigenvalue weighted by Gasteiger charge is -2.11. The van der Waals surface area contributed by atoms with Crippen LogP contribution >= 0.6 is 11.6 Å². The number of urea groups is 1. The zero-order valence-electron chi connectivity index (χ0n) is 12.1. The molecule has 0 saturated heterocycles. The number of hydrogen-bond donors (Lipinski definition) is 3. The van der Waals surface area contributed by atoms with Crippen molar-refractivity contribution < 1.29 is 14.3 Å². The molecule has 0 atom stereocenters. The van der Waals surface area contributed by atoms with E-state index in [0.29, 0.717) is 33.6 Å². The van der Waals surface area contributed by atoms with Crippen LogP contribution in [0.4, 0.5) is 21.9 Å². The lowest BCUT2D eigenvalue weighted by Crippen LogP contribution is -2.19. The Hall–Kier alpha value is -2.60. The van der Waals surface area contributed by atoms with Gasteiger partial charge in [0.05, 0.1) is 24.9 Å². The molecule has 2 amide bonds. The molecule has 0 aliphatic rings. The second kappa shape index (κ2) is 6.91. The SMILES string of the molecule is COc1cc(NC(=O)Nc2ccc(N)cc2Cl)cc(OC)c1. The summed E-state index contributed by atoms with van der Waals surface area (Å²) in [5.74, 6) is 1.14. The van der Waals surface area contributed by atoms with E-state index in [-0.39, 0.29) is 0 Å². The summed E-state index contributed by atoms with van der Waals surface area (Å²) in [5, 5.41) is 5.68. The van der Waals surface area contributed by atoms with E-state index >= 15 is 0 Å². The molecule has 2 aromatic carbocycles. The number of carbonyl (C=O) groups excluding carboxylic acids is 1. The van der Waals surface area contributed by atoms with Gasteiger partial charge in [-0.05, 0) is 18.2 Å². The highest BCUT2D eigenvalue weighted by molar-refractivity contribution is 6.34. The summed E-state index contributed by atoms with van der Waals surface area (Å²) >= 11 is 6.01. The van der Waals surface area contributed by atoms with Gasteiger partial charge in [0.2, 0.25) is 0 Å². The Bertz CT molecular complexity index is 669. The van der Waals surface area contributed by atoms with Crippen molar-refractivity contribution in [2.75, 3.05) is 30.6 Å². The fraction of sp³-hybridized carbons (Fsp3) is 0.133. The predicted molar refractivity (Wildman–Crippen MR) is 88.1 cm³/mol. The van der Waals surface area contributed by atoms with Gasteiger partial charge in [-0.2, -0.15) is 0 Å². The number of carbonyl (C=O) groups is 1. The quantitative estimate of drug-likeness (QED) is 0.751.